The van der Waals surface area contributed by atoms with Gasteiger partial charge in [-0.05, 0) is 78.9 Å². The van der Waals surface area contributed by atoms with Gasteiger partial charge in [0.1, 0.15) is 0 Å². The van der Waals surface area contributed by atoms with Gasteiger partial charge in [-0.1, -0.05) is 50.1 Å². The monoisotopic (exact) mass is 336 g/mol. The van der Waals surface area contributed by atoms with E-state index in [0.717, 1.165) is 6.54 Å². The van der Waals surface area contributed by atoms with Crippen LogP contribution in [0.3, 0.4) is 0 Å². The fourth-order valence-electron chi connectivity index (χ4n) is 3.30. The molecule has 2 heteroatoms. The first kappa shape index (κ1) is 19.3. The number of benzene rings is 2. The molecule has 0 aliphatic heterocycles. The first-order chi connectivity index (χ1) is 12.1. The number of unbranched alkanes of at least 4 members (excludes halogenated alkanes) is 1. The Hall–Kier alpha value is -2.06. The molecule has 0 heterocycles. The number of rotatable bonds is 8. The highest BCUT2D eigenvalue weighted by atomic mass is 14.9. The lowest BCUT2D eigenvalue weighted by Crippen LogP contribution is -2.25. The van der Waals surface area contributed by atoms with E-state index in [0.29, 0.717) is 6.04 Å². The van der Waals surface area contributed by atoms with Crippen molar-refractivity contribution in [1.29, 1.82) is 0 Å². The summed E-state index contributed by atoms with van der Waals surface area (Å²) >= 11 is 0. The molecular weight excluding hydrogens is 304 g/mol. The van der Waals surface area contributed by atoms with E-state index in [1.165, 1.54) is 52.6 Å². The van der Waals surface area contributed by atoms with Gasteiger partial charge in [0.05, 0.1) is 0 Å². The van der Waals surface area contributed by atoms with Crippen molar-refractivity contribution in [2.24, 2.45) is 5.73 Å². The molecule has 0 aliphatic rings. The molecule has 2 aromatic rings. The topological polar surface area (TPSA) is 38.0 Å². The van der Waals surface area contributed by atoms with Crippen LogP contribution >= 0.6 is 0 Å². The highest BCUT2D eigenvalue weighted by Gasteiger charge is 2.10. The summed E-state index contributed by atoms with van der Waals surface area (Å²) in [4.78, 5) is 0. The van der Waals surface area contributed by atoms with E-state index in [1.54, 1.807) is 6.20 Å². The predicted octanol–water partition coefficient (Wildman–Crippen LogP) is 5.57. The summed E-state index contributed by atoms with van der Waals surface area (Å²) < 4.78 is 0. The van der Waals surface area contributed by atoms with E-state index in [9.17, 15) is 0 Å². The molecule has 1 unspecified atom stereocenters. The summed E-state index contributed by atoms with van der Waals surface area (Å²) in [6.07, 6.45) is 7.39. The van der Waals surface area contributed by atoms with Crippen LogP contribution in [0.4, 0.5) is 0 Å². The molecule has 0 fully saturated rings. The van der Waals surface area contributed by atoms with Crippen molar-refractivity contribution in [2.75, 3.05) is 0 Å². The maximum atomic E-state index is 5.69. The van der Waals surface area contributed by atoms with Crippen molar-refractivity contribution in [3.05, 3.63) is 64.9 Å². The molecule has 2 nitrogen and oxygen atoms in total. The SMILES string of the molecule is CCCCC(C)NCc1cc(-c2ccccc2C)cc(C)c1/C=C\N. The van der Waals surface area contributed by atoms with E-state index in [2.05, 4.69) is 69.4 Å². The molecular formula is C23H32N2. The summed E-state index contributed by atoms with van der Waals surface area (Å²) in [5.41, 5.74) is 13.4. The molecule has 2 rings (SSSR count). The lowest BCUT2D eigenvalue weighted by atomic mass is 9.92. The molecule has 0 aliphatic carbocycles. The van der Waals surface area contributed by atoms with E-state index in [1.807, 2.05) is 6.08 Å². The van der Waals surface area contributed by atoms with Crippen LogP contribution in [-0.4, -0.2) is 6.04 Å². The Morgan fingerprint density at radius 2 is 1.88 bits per heavy atom. The van der Waals surface area contributed by atoms with E-state index in [4.69, 9.17) is 5.73 Å². The molecule has 0 bridgehead atoms. The van der Waals surface area contributed by atoms with Crippen LogP contribution in [0.2, 0.25) is 0 Å². The third kappa shape index (κ3) is 5.20. The van der Waals surface area contributed by atoms with Crippen molar-refractivity contribution < 1.29 is 0 Å². The lowest BCUT2D eigenvalue weighted by Gasteiger charge is -2.18. The third-order valence-corrected chi connectivity index (χ3v) is 4.82. The van der Waals surface area contributed by atoms with Gasteiger partial charge in [0.2, 0.25) is 0 Å². The highest BCUT2D eigenvalue weighted by Crippen LogP contribution is 2.28. The van der Waals surface area contributed by atoms with Gasteiger partial charge in [-0.3, -0.25) is 0 Å². The quantitative estimate of drug-likeness (QED) is 0.661. The fraction of sp³-hybridized carbons (Fsp3) is 0.391. The highest BCUT2D eigenvalue weighted by molar-refractivity contribution is 5.72. The van der Waals surface area contributed by atoms with Crippen molar-refractivity contribution in [3.8, 4) is 11.1 Å². The van der Waals surface area contributed by atoms with Gasteiger partial charge >= 0.3 is 0 Å². The molecule has 1 atom stereocenters. The Bertz CT molecular complexity index is 716. The van der Waals surface area contributed by atoms with Gasteiger partial charge in [0.15, 0.2) is 0 Å². The van der Waals surface area contributed by atoms with Crippen molar-refractivity contribution in [2.45, 2.75) is 59.5 Å². The van der Waals surface area contributed by atoms with Crippen LogP contribution in [0.15, 0.2) is 42.6 Å². The number of aryl methyl sites for hydroxylation is 2. The molecule has 134 valence electrons. The second kappa shape index (κ2) is 9.43. The minimum Gasteiger partial charge on any atom is -0.405 e. The Morgan fingerprint density at radius 1 is 1.12 bits per heavy atom. The molecule has 25 heavy (non-hydrogen) atoms. The Labute approximate surface area is 153 Å². The third-order valence-electron chi connectivity index (χ3n) is 4.82. The molecule has 0 aromatic heterocycles. The average molecular weight is 337 g/mol. The molecule has 0 spiro atoms. The summed E-state index contributed by atoms with van der Waals surface area (Å²) in [6, 6.07) is 13.7. The Balaban J connectivity index is 2.33. The molecule has 0 radical (unpaired) electrons. The zero-order valence-electron chi connectivity index (χ0n) is 16.1. The zero-order chi connectivity index (χ0) is 18.2. The second-order valence-corrected chi connectivity index (χ2v) is 6.96. The van der Waals surface area contributed by atoms with Gasteiger partial charge in [0, 0.05) is 12.6 Å². The standard InChI is InChI=1S/C23H32N2/c1-5-6-10-19(4)25-16-21-15-20(14-18(3)23(21)12-13-24)22-11-8-7-9-17(22)2/h7-9,11-15,19,25H,5-6,10,16,24H2,1-4H3/b13-12-. The molecule has 0 amide bonds. The van der Waals surface area contributed by atoms with Crippen LogP contribution in [0.5, 0.6) is 0 Å². The van der Waals surface area contributed by atoms with Crippen LogP contribution in [-0.2, 0) is 6.54 Å². The molecule has 0 saturated carbocycles. The Kier molecular flexibility index (Phi) is 7.27. The maximum Gasteiger partial charge on any atom is 0.0214 e. The van der Waals surface area contributed by atoms with Crippen LogP contribution < -0.4 is 11.1 Å². The predicted molar refractivity (Wildman–Crippen MR) is 110 cm³/mol. The smallest absolute Gasteiger partial charge is 0.0214 e. The number of hydrogen-bond donors (Lipinski definition) is 2. The van der Waals surface area contributed by atoms with Gasteiger partial charge in [-0.2, -0.15) is 0 Å². The molecule has 2 aromatic carbocycles. The minimum atomic E-state index is 0.525. The lowest BCUT2D eigenvalue weighted by molar-refractivity contribution is 0.494. The van der Waals surface area contributed by atoms with E-state index < -0.39 is 0 Å². The number of nitrogens with one attached hydrogen (secondary N) is 1. The van der Waals surface area contributed by atoms with Crippen LogP contribution in [0.1, 0.15) is 55.4 Å². The Morgan fingerprint density at radius 3 is 2.56 bits per heavy atom. The van der Waals surface area contributed by atoms with Gasteiger partial charge in [-0.15, -0.1) is 0 Å². The normalized spacial score (nSPS) is 12.6. The summed E-state index contributed by atoms with van der Waals surface area (Å²) in [6.45, 7) is 9.72. The van der Waals surface area contributed by atoms with E-state index >= 15 is 0 Å². The van der Waals surface area contributed by atoms with Gasteiger partial charge in [0.25, 0.3) is 0 Å². The second-order valence-electron chi connectivity index (χ2n) is 6.96. The van der Waals surface area contributed by atoms with Crippen molar-refractivity contribution in [3.63, 3.8) is 0 Å². The summed E-state index contributed by atoms with van der Waals surface area (Å²) in [5.74, 6) is 0. The van der Waals surface area contributed by atoms with Gasteiger partial charge in [-0.25, -0.2) is 0 Å². The number of hydrogen-bond acceptors (Lipinski definition) is 2. The van der Waals surface area contributed by atoms with Crippen LogP contribution in [0, 0.1) is 13.8 Å². The molecule has 3 N–H and O–H groups in total. The average Bonchev–Trinajstić information content (AvgIpc) is 2.60. The first-order valence-corrected chi connectivity index (χ1v) is 9.38. The fourth-order valence-corrected chi connectivity index (χ4v) is 3.30. The minimum absolute atomic E-state index is 0.525. The zero-order valence-corrected chi connectivity index (χ0v) is 16.1. The largest absolute Gasteiger partial charge is 0.405 e. The first-order valence-electron chi connectivity index (χ1n) is 9.38. The summed E-state index contributed by atoms with van der Waals surface area (Å²) in [7, 11) is 0. The van der Waals surface area contributed by atoms with Crippen molar-refractivity contribution >= 4 is 6.08 Å². The van der Waals surface area contributed by atoms with E-state index in [-0.39, 0.29) is 0 Å². The summed E-state index contributed by atoms with van der Waals surface area (Å²) in [5, 5.41) is 3.68. The number of nitrogens with two attached hydrogens (primary N) is 1. The molecule has 0 saturated heterocycles. The maximum absolute atomic E-state index is 5.69. The van der Waals surface area contributed by atoms with Gasteiger partial charge < -0.3 is 11.1 Å². The van der Waals surface area contributed by atoms with Crippen molar-refractivity contribution in [1.82, 2.24) is 5.32 Å². The van der Waals surface area contributed by atoms with Crippen LogP contribution in [0.25, 0.3) is 17.2 Å².